The van der Waals surface area contributed by atoms with Crippen molar-refractivity contribution in [3.63, 3.8) is 0 Å². The lowest BCUT2D eigenvalue weighted by molar-refractivity contribution is -0.383. The Morgan fingerprint density at radius 2 is 1.74 bits per heavy atom. The smallest absolute Gasteiger partial charge is 0.277 e. The fourth-order valence-electron chi connectivity index (χ4n) is 2.28. The summed E-state index contributed by atoms with van der Waals surface area (Å²) in [5, 5.41) is 11.9. The molecule has 2 aromatic carbocycles. The molecule has 6 nitrogen and oxygen atoms in total. The van der Waals surface area contributed by atoms with Crippen LogP contribution in [0.5, 0.6) is 0 Å². The van der Waals surface area contributed by atoms with Crippen molar-refractivity contribution >= 4 is 28.3 Å². The van der Waals surface area contributed by atoms with Crippen LogP contribution in [0.1, 0.15) is 20.7 Å². The third-order valence-corrected chi connectivity index (χ3v) is 3.26. The van der Waals surface area contributed by atoms with E-state index in [4.69, 9.17) is 0 Å². The van der Waals surface area contributed by atoms with Crippen LogP contribution < -0.4 is 0 Å². The van der Waals surface area contributed by atoms with Gasteiger partial charge in [-0.05, 0) is 17.5 Å². The van der Waals surface area contributed by atoms with E-state index in [0.717, 1.165) is 4.90 Å². The summed E-state index contributed by atoms with van der Waals surface area (Å²) < 4.78 is 0. The third kappa shape index (κ3) is 1.43. The highest BCUT2D eigenvalue weighted by Gasteiger charge is 2.33. The molecule has 0 bridgehead atoms. The molecule has 6 heteroatoms. The lowest BCUT2D eigenvalue weighted by atomic mass is 10.0. The van der Waals surface area contributed by atoms with Crippen LogP contribution in [0, 0.1) is 10.1 Å². The first-order valence-corrected chi connectivity index (χ1v) is 5.54. The number of carbonyl (C=O) groups is 2. The fourth-order valence-corrected chi connectivity index (χ4v) is 2.28. The summed E-state index contributed by atoms with van der Waals surface area (Å²) in [6, 6.07) is 7.56. The molecule has 0 atom stereocenters. The van der Waals surface area contributed by atoms with E-state index in [1.54, 1.807) is 12.1 Å². The van der Waals surface area contributed by atoms with Crippen molar-refractivity contribution in [2.24, 2.45) is 0 Å². The third-order valence-electron chi connectivity index (χ3n) is 3.26. The van der Waals surface area contributed by atoms with Gasteiger partial charge in [0, 0.05) is 13.1 Å². The lowest BCUT2D eigenvalue weighted by Crippen LogP contribution is -2.24. The van der Waals surface area contributed by atoms with E-state index in [2.05, 4.69) is 0 Å². The van der Waals surface area contributed by atoms with Crippen molar-refractivity contribution in [3.8, 4) is 0 Å². The molecule has 3 rings (SSSR count). The Morgan fingerprint density at radius 1 is 1.11 bits per heavy atom. The van der Waals surface area contributed by atoms with Gasteiger partial charge in [0.2, 0.25) is 0 Å². The maximum absolute atomic E-state index is 11.9. The molecular formula is C13H8N2O4. The fraction of sp³-hybridized carbons (Fsp3) is 0.0769. The molecule has 0 saturated heterocycles. The molecule has 0 aromatic heterocycles. The Morgan fingerprint density at radius 3 is 2.37 bits per heavy atom. The van der Waals surface area contributed by atoms with Crippen LogP contribution >= 0.6 is 0 Å². The van der Waals surface area contributed by atoms with Gasteiger partial charge in [0.05, 0.1) is 21.4 Å². The van der Waals surface area contributed by atoms with E-state index in [0.29, 0.717) is 16.3 Å². The van der Waals surface area contributed by atoms with Crippen LogP contribution in [-0.4, -0.2) is 28.7 Å². The molecule has 1 heterocycles. The molecule has 94 valence electrons. The first kappa shape index (κ1) is 11.3. The summed E-state index contributed by atoms with van der Waals surface area (Å²) >= 11 is 0. The highest BCUT2D eigenvalue weighted by molar-refractivity contribution is 6.23. The first-order chi connectivity index (χ1) is 9.00. The molecule has 0 radical (unpaired) electrons. The summed E-state index contributed by atoms with van der Waals surface area (Å²) in [6.07, 6.45) is 0. The van der Waals surface area contributed by atoms with Gasteiger partial charge in [0.1, 0.15) is 0 Å². The van der Waals surface area contributed by atoms with Gasteiger partial charge in [-0.2, -0.15) is 0 Å². The zero-order valence-electron chi connectivity index (χ0n) is 9.91. The van der Waals surface area contributed by atoms with Gasteiger partial charge in [-0.1, -0.05) is 12.1 Å². The molecule has 0 spiro atoms. The molecule has 2 aromatic rings. The molecule has 0 fully saturated rings. The van der Waals surface area contributed by atoms with Gasteiger partial charge in [-0.25, -0.2) is 0 Å². The van der Waals surface area contributed by atoms with E-state index < -0.39 is 10.8 Å². The number of nitro groups is 1. The zero-order chi connectivity index (χ0) is 13.7. The van der Waals surface area contributed by atoms with Crippen molar-refractivity contribution in [1.82, 2.24) is 4.90 Å². The van der Waals surface area contributed by atoms with Gasteiger partial charge in [0.25, 0.3) is 17.5 Å². The number of rotatable bonds is 1. The number of hydrogen-bond acceptors (Lipinski definition) is 4. The van der Waals surface area contributed by atoms with Crippen LogP contribution in [0.4, 0.5) is 5.69 Å². The average Bonchev–Trinajstić information content (AvgIpc) is 2.61. The monoisotopic (exact) mass is 256 g/mol. The number of non-ortho nitro benzene ring substituents is 1. The highest BCUT2D eigenvalue weighted by Crippen LogP contribution is 2.31. The van der Waals surface area contributed by atoms with Crippen molar-refractivity contribution in [2.75, 3.05) is 7.05 Å². The number of nitrogens with zero attached hydrogens (tertiary/aromatic N) is 2. The standard InChI is InChI=1S/C13H8N2O4/c1-14-12(16)9-5-7-3-2-4-11(15(18)19)8(7)6-10(9)13(14)17/h2-6H,1H3. The minimum Gasteiger partial charge on any atom is -0.277 e. The molecule has 1 aliphatic heterocycles. The lowest BCUT2D eigenvalue weighted by Gasteiger charge is -2.02. The second kappa shape index (κ2) is 3.61. The molecule has 0 N–H and O–H groups in total. The van der Waals surface area contributed by atoms with Crippen molar-refractivity contribution < 1.29 is 14.5 Å². The topological polar surface area (TPSA) is 80.5 Å². The van der Waals surface area contributed by atoms with Gasteiger partial charge in [-0.15, -0.1) is 0 Å². The maximum atomic E-state index is 11.9. The Balaban J connectivity index is 2.39. The molecular weight excluding hydrogens is 248 g/mol. The number of nitro benzene ring substituents is 1. The normalized spacial score (nSPS) is 14.1. The van der Waals surface area contributed by atoms with E-state index in [9.17, 15) is 19.7 Å². The largest absolute Gasteiger partial charge is 0.277 e. The molecule has 0 unspecified atom stereocenters. The van der Waals surface area contributed by atoms with Gasteiger partial charge in [0.15, 0.2) is 0 Å². The van der Waals surface area contributed by atoms with E-state index in [1.165, 1.54) is 25.2 Å². The summed E-state index contributed by atoms with van der Waals surface area (Å²) in [4.78, 5) is 35.2. The van der Waals surface area contributed by atoms with Crippen molar-refractivity contribution in [3.05, 3.63) is 51.6 Å². The van der Waals surface area contributed by atoms with Crippen molar-refractivity contribution in [2.45, 2.75) is 0 Å². The van der Waals surface area contributed by atoms with E-state index >= 15 is 0 Å². The maximum Gasteiger partial charge on any atom is 0.277 e. The minimum atomic E-state index is -0.500. The summed E-state index contributed by atoms with van der Waals surface area (Å²) in [5.74, 6) is -0.812. The van der Waals surface area contributed by atoms with Gasteiger partial charge in [-0.3, -0.25) is 24.6 Å². The van der Waals surface area contributed by atoms with Crippen LogP contribution in [0.3, 0.4) is 0 Å². The quantitative estimate of drug-likeness (QED) is 0.444. The first-order valence-electron chi connectivity index (χ1n) is 5.54. The number of hydrogen-bond donors (Lipinski definition) is 0. The molecule has 19 heavy (non-hydrogen) atoms. The zero-order valence-corrected chi connectivity index (χ0v) is 9.91. The SMILES string of the molecule is CN1C(=O)c2cc3cccc([N+](=O)[O-])c3cc2C1=O. The molecule has 0 aliphatic carbocycles. The van der Waals surface area contributed by atoms with Crippen LogP contribution in [-0.2, 0) is 0 Å². The van der Waals surface area contributed by atoms with Crippen molar-refractivity contribution in [1.29, 1.82) is 0 Å². The van der Waals surface area contributed by atoms with E-state index in [-0.39, 0.29) is 17.2 Å². The Kier molecular flexibility index (Phi) is 2.16. The van der Waals surface area contributed by atoms with E-state index in [1.807, 2.05) is 0 Å². The second-order valence-electron chi connectivity index (χ2n) is 4.32. The summed E-state index contributed by atoms with van der Waals surface area (Å²) in [5.41, 5.74) is 0.435. The minimum absolute atomic E-state index is 0.0740. The predicted molar refractivity (Wildman–Crippen MR) is 67.0 cm³/mol. The number of amides is 2. The Bertz CT molecular complexity index is 767. The molecule has 2 amide bonds. The van der Waals surface area contributed by atoms with Crippen LogP contribution in [0.25, 0.3) is 10.8 Å². The number of benzene rings is 2. The van der Waals surface area contributed by atoms with Gasteiger partial charge >= 0.3 is 0 Å². The van der Waals surface area contributed by atoms with Gasteiger partial charge < -0.3 is 0 Å². The second-order valence-corrected chi connectivity index (χ2v) is 4.32. The molecule has 1 aliphatic rings. The average molecular weight is 256 g/mol. The summed E-state index contributed by atoms with van der Waals surface area (Å²) in [6.45, 7) is 0. The number of carbonyl (C=O) groups excluding carboxylic acids is 2. The summed E-state index contributed by atoms with van der Waals surface area (Å²) in [7, 11) is 1.39. The highest BCUT2D eigenvalue weighted by atomic mass is 16.6. The van der Waals surface area contributed by atoms with Crippen LogP contribution in [0.2, 0.25) is 0 Å². The van der Waals surface area contributed by atoms with Crippen LogP contribution in [0.15, 0.2) is 30.3 Å². The Labute approximate surface area is 107 Å². The number of fused-ring (bicyclic) bond motifs is 2. The molecule has 0 saturated carbocycles. The predicted octanol–water partition coefficient (Wildman–Crippen LogP) is 1.97. The number of imide groups is 1. The Hall–Kier alpha value is -2.76.